The molecule has 0 unspecified atom stereocenters. The largest absolute Gasteiger partial charge is 0.356 e. The summed E-state index contributed by atoms with van der Waals surface area (Å²) in [6.45, 7) is 9.56. The number of nitrogens with zero attached hydrogens (tertiary/aromatic N) is 3. The number of hydrogen-bond acceptors (Lipinski definition) is 3. The number of aromatic nitrogens is 2. The maximum absolute atomic E-state index is 11.0. The van der Waals surface area contributed by atoms with Gasteiger partial charge in [-0.3, -0.25) is 9.69 Å². The first-order valence-electron chi connectivity index (χ1n) is 8.60. The van der Waals surface area contributed by atoms with Crippen molar-refractivity contribution in [3.63, 3.8) is 0 Å². The lowest BCUT2D eigenvalue weighted by Gasteiger charge is -2.17. The lowest BCUT2D eigenvalue weighted by Crippen LogP contribution is -2.29. The van der Waals surface area contributed by atoms with E-state index >= 15 is 0 Å². The minimum atomic E-state index is 0.0611. The SMILES string of the molecule is CC(=O)NC[C@@H]1CCN(Cc2cccc(-n3nc(C)cc3C)c2)C1. The Morgan fingerprint density at radius 2 is 2.17 bits per heavy atom. The topological polar surface area (TPSA) is 50.2 Å². The van der Waals surface area contributed by atoms with E-state index < -0.39 is 0 Å². The highest BCUT2D eigenvalue weighted by Gasteiger charge is 2.22. The highest BCUT2D eigenvalue weighted by molar-refractivity contribution is 5.72. The van der Waals surface area contributed by atoms with Crippen molar-refractivity contribution in [3.8, 4) is 5.69 Å². The molecule has 128 valence electrons. The summed E-state index contributed by atoms with van der Waals surface area (Å²) in [6, 6.07) is 10.7. The van der Waals surface area contributed by atoms with E-state index in [1.807, 2.05) is 11.6 Å². The molecule has 5 heteroatoms. The lowest BCUT2D eigenvalue weighted by molar-refractivity contribution is -0.119. The van der Waals surface area contributed by atoms with Crippen molar-refractivity contribution in [2.45, 2.75) is 33.7 Å². The Labute approximate surface area is 143 Å². The molecule has 24 heavy (non-hydrogen) atoms. The predicted octanol–water partition coefficient (Wildman–Crippen LogP) is 2.45. The van der Waals surface area contributed by atoms with Gasteiger partial charge in [0.05, 0.1) is 11.4 Å². The molecule has 1 amide bonds. The molecule has 3 rings (SSSR count). The molecule has 1 saturated heterocycles. The number of carbonyl (C=O) groups is 1. The second-order valence-corrected chi connectivity index (χ2v) is 6.84. The van der Waals surface area contributed by atoms with Crippen LogP contribution < -0.4 is 5.32 Å². The Kier molecular flexibility index (Phi) is 5.00. The average Bonchev–Trinajstić information content (AvgIpc) is 3.11. The Morgan fingerprint density at radius 1 is 1.33 bits per heavy atom. The van der Waals surface area contributed by atoms with E-state index in [0.717, 1.165) is 49.7 Å². The fraction of sp³-hybridized carbons (Fsp3) is 0.474. The second kappa shape index (κ2) is 7.18. The van der Waals surface area contributed by atoms with Crippen LogP contribution >= 0.6 is 0 Å². The molecule has 0 saturated carbocycles. The molecule has 0 radical (unpaired) electrons. The van der Waals surface area contributed by atoms with Gasteiger partial charge in [0.25, 0.3) is 0 Å². The van der Waals surface area contributed by atoms with Gasteiger partial charge in [0.2, 0.25) is 5.91 Å². The second-order valence-electron chi connectivity index (χ2n) is 6.84. The van der Waals surface area contributed by atoms with Gasteiger partial charge >= 0.3 is 0 Å². The third-order valence-corrected chi connectivity index (χ3v) is 4.58. The van der Waals surface area contributed by atoms with Crippen LogP contribution in [0.25, 0.3) is 5.69 Å². The third kappa shape index (κ3) is 4.03. The molecule has 0 aliphatic carbocycles. The number of amides is 1. The molecule has 1 fully saturated rings. The van der Waals surface area contributed by atoms with Crippen LogP contribution in [-0.4, -0.2) is 40.2 Å². The van der Waals surface area contributed by atoms with Crippen molar-refractivity contribution in [3.05, 3.63) is 47.3 Å². The van der Waals surface area contributed by atoms with Crippen molar-refractivity contribution in [2.24, 2.45) is 5.92 Å². The minimum absolute atomic E-state index is 0.0611. The number of hydrogen-bond donors (Lipinski definition) is 1. The van der Waals surface area contributed by atoms with Crippen LogP contribution in [0, 0.1) is 19.8 Å². The maximum Gasteiger partial charge on any atom is 0.216 e. The quantitative estimate of drug-likeness (QED) is 0.918. The molecule has 2 aromatic rings. The van der Waals surface area contributed by atoms with Crippen LogP contribution in [0.4, 0.5) is 0 Å². The molecule has 1 N–H and O–H groups in total. The molecule has 0 spiro atoms. The first-order chi connectivity index (χ1) is 11.5. The van der Waals surface area contributed by atoms with Crippen molar-refractivity contribution < 1.29 is 4.79 Å². The highest BCUT2D eigenvalue weighted by atomic mass is 16.1. The Bertz CT molecular complexity index is 722. The molecule has 0 bridgehead atoms. The summed E-state index contributed by atoms with van der Waals surface area (Å²) >= 11 is 0. The van der Waals surface area contributed by atoms with Gasteiger partial charge in [0, 0.05) is 32.3 Å². The zero-order valence-corrected chi connectivity index (χ0v) is 14.7. The monoisotopic (exact) mass is 326 g/mol. The number of rotatable bonds is 5. The Balaban J connectivity index is 1.63. The van der Waals surface area contributed by atoms with Crippen molar-refractivity contribution in [2.75, 3.05) is 19.6 Å². The molecule has 1 aliphatic heterocycles. The van der Waals surface area contributed by atoms with Gasteiger partial charge in [-0.1, -0.05) is 12.1 Å². The zero-order chi connectivity index (χ0) is 17.1. The Morgan fingerprint density at radius 3 is 2.88 bits per heavy atom. The standard InChI is InChI=1S/C19H26N4O/c1-14-9-15(2)23(21-14)19-6-4-5-17(10-19)12-22-8-7-18(13-22)11-20-16(3)24/h4-6,9-10,18H,7-8,11-13H2,1-3H3,(H,20,24)/t18-/m0/s1. The molecule has 5 nitrogen and oxygen atoms in total. The van der Waals surface area contributed by atoms with Crippen LogP contribution in [0.5, 0.6) is 0 Å². The number of benzene rings is 1. The summed E-state index contributed by atoms with van der Waals surface area (Å²) < 4.78 is 2.00. The summed E-state index contributed by atoms with van der Waals surface area (Å²) in [6.07, 6.45) is 1.15. The van der Waals surface area contributed by atoms with E-state index in [9.17, 15) is 4.79 Å². The molecule has 1 aromatic heterocycles. The molecular weight excluding hydrogens is 300 g/mol. The molecule has 1 aliphatic rings. The van der Waals surface area contributed by atoms with E-state index in [1.165, 1.54) is 5.56 Å². The van der Waals surface area contributed by atoms with Crippen LogP contribution in [0.2, 0.25) is 0 Å². The van der Waals surface area contributed by atoms with Crippen LogP contribution in [0.15, 0.2) is 30.3 Å². The van der Waals surface area contributed by atoms with E-state index in [1.54, 1.807) is 6.92 Å². The number of aryl methyl sites for hydroxylation is 2. The summed E-state index contributed by atoms with van der Waals surface area (Å²) in [5, 5.41) is 7.50. The summed E-state index contributed by atoms with van der Waals surface area (Å²) in [4.78, 5) is 13.5. The predicted molar refractivity (Wildman–Crippen MR) is 95.1 cm³/mol. The maximum atomic E-state index is 11.0. The smallest absolute Gasteiger partial charge is 0.216 e. The summed E-state index contributed by atoms with van der Waals surface area (Å²) in [5.74, 6) is 0.624. The normalized spacial score (nSPS) is 18.0. The fourth-order valence-electron chi connectivity index (χ4n) is 3.45. The fourth-order valence-corrected chi connectivity index (χ4v) is 3.45. The average molecular weight is 326 g/mol. The molecular formula is C19H26N4O. The van der Waals surface area contributed by atoms with E-state index in [2.05, 4.69) is 52.6 Å². The summed E-state index contributed by atoms with van der Waals surface area (Å²) in [5.41, 5.74) is 4.62. The number of nitrogens with one attached hydrogen (secondary N) is 1. The van der Waals surface area contributed by atoms with Gasteiger partial charge in [-0.05, 0) is 56.5 Å². The van der Waals surface area contributed by atoms with Crippen molar-refractivity contribution >= 4 is 5.91 Å². The Hall–Kier alpha value is -2.14. The van der Waals surface area contributed by atoms with Gasteiger partial charge < -0.3 is 5.32 Å². The molecule has 1 aromatic carbocycles. The van der Waals surface area contributed by atoms with Gasteiger partial charge in [-0.15, -0.1) is 0 Å². The van der Waals surface area contributed by atoms with Crippen LogP contribution in [0.3, 0.4) is 0 Å². The summed E-state index contributed by atoms with van der Waals surface area (Å²) in [7, 11) is 0. The van der Waals surface area contributed by atoms with E-state index in [-0.39, 0.29) is 5.91 Å². The van der Waals surface area contributed by atoms with E-state index in [0.29, 0.717) is 5.92 Å². The van der Waals surface area contributed by atoms with Gasteiger partial charge in [-0.2, -0.15) is 5.10 Å². The first kappa shape index (κ1) is 16.7. The molecule has 1 atom stereocenters. The minimum Gasteiger partial charge on any atom is -0.356 e. The van der Waals surface area contributed by atoms with E-state index in [4.69, 9.17) is 0 Å². The lowest BCUT2D eigenvalue weighted by atomic mass is 10.1. The van der Waals surface area contributed by atoms with Crippen LogP contribution in [-0.2, 0) is 11.3 Å². The van der Waals surface area contributed by atoms with Gasteiger partial charge in [-0.25, -0.2) is 4.68 Å². The zero-order valence-electron chi connectivity index (χ0n) is 14.7. The number of likely N-dealkylation sites (tertiary alicyclic amines) is 1. The molecule has 2 heterocycles. The first-order valence-corrected chi connectivity index (χ1v) is 8.60. The van der Waals surface area contributed by atoms with Gasteiger partial charge in [0.15, 0.2) is 0 Å². The third-order valence-electron chi connectivity index (χ3n) is 4.58. The highest BCUT2D eigenvalue weighted by Crippen LogP contribution is 2.20. The van der Waals surface area contributed by atoms with Gasteiger partial charge in [0.1, 0.15) is 0 Å². The van der Waals surface area contributed by atoms with Crippen LogP contribution in [0.1, 0.15) is 30.3 Å². The van der Waals surface area contributed by atoms with Crippen molar-refractivity contribution in [1.82, 2.24) is 20.0 Å². The number of carbonyl (C=O) groups excluding carboxylic acids is 1. The van der Waals surface area contributed by atoms with Crippen molar-refractivity contribution in [1.29, 1.82) is 0 Å².